The average molecular weight is 277 g/mol. The Kier molecular flexibility index (Phi) is 4.65. The molecule has 0 fully saturated rings. The summed E-state index contributed by atoms with van der Waals surface area (Å²) in [7, 11) is 0. The molecule has 1 atom stereocenters. The van der Waals surface area contributed by atoms with Gasteiger partial charge in [0, 0.05) is 12.3 Å². The molecule has 1 aromatic rings. The summed E-state index contributed by atoms with van der Waals surface area (Å²) in [5.74, 6) is 0.651. The third-order valence-electron chi connectivity index (χ3n) is 4.09. The lowest BCUT2D eigenvalue weighted by Crippen LogP contribution is -2.29. The fourth-order valence-electron chi connectivity index (χ4n) is 2.65. The van der Waals surface area contributed by atoms with E-state index in [1.807, 2.05) is 13.8 Å². The lowest BCUT2D eigenvalue weighted by Gasteiger charge is -2.31. The zero-order valence-electron chi connectivity index (χ0n) is 12.2. The molecule has 2 rings (SSSR count). The molecule has 0 bridgehead atoms. The van der Waals surface area contributed by atoms with Crippen molar-refractivity contribution in [2.24, 2.45) is 0 Å². The second-order valence-corrected chi connectivity index (χ2v) is 5.59. The van der Waals surface area contributed by atoms with Crippen LogP contribution in [0, 0.1) is 0 Å². The lowest BCUT2D eigenvalue weighted by molar-refractivity contribution is 0.0862. The van der Waals surface area contributed by atoms with Gasteiger partial charge >= 0.3 is 0 Å². The largest absolute Gasteiger partial charge is 0.488 e. The minimum Gasteiger partial charge on any atom is -0.488 e. The standard InChI is InChI=1S/C16H23NO3/c1-3-16(2,19)14-7-5-4-6-12(14)11-20-13-8-9-15(18)17-10-13/h8-10,19H,3-7,11H2,1-2H3,(H,17,18). The molecule has 0 saturated carbocycles. The maximum Gasteiger partial charge on any atom is 0.248 e. The maximum atomic E-state index is 11.0. The van der Waals surface area contributed by atoms with E-state index in [2.05, 4.69) is 4.98 Å². The van der Waals surface area contributed by atoms with Gasteiger partial charge in [-0.1, -0.05) is 6.92 Å². The SMILES string of the molecule is CCC(C)(O)C1=C(COc2ccc(=O)[nH]c2)CCCC1. The predicted molar refractivity (Wildman–Crippen MR) is 79.0 cm³/mol. The summed E-state index contributed by atoms with van der Waals surface area (Å²) in [5.41, 5.74) is 1.47. The maximum absolute atomic E-state index is 11.0. The Morgan fingerprint density at radius 1 is 1.35 bits per heavy atom. The Morgan fingerprint density at radius 2 is 2.10 bits per heavy atom. The molecule has 20 heavy (non-hydrogen) atoms. The van der Waals surface area contributed by atoms with E-state index in [1.165, 1.54) is 11.6 Å². The third kappa shape index (κ3) is 3.51. The minimum atomic E-state index is -0.732. The summed E-state index contributed by atoms with van der Waals surface area (Å²) in [5, 5.41) is 10.5. The van der Waals surface area contributed by atoms with Gasteiger partial charge in [-0.2, -0.15) is 0 Å². The number of aliphatic hydroxyl groups is 1. The molecule has 0 spiro atoms. The fourth-order valence-corrected chi connectivity index (χ4v) is 2.65. The zero-order valence-corrected chi connectivity index (χ0v) is 12.2. The van der Waals surface area contributed by atoms with E-state index in [-0.39, 0.29) is 5.56 Å². The molecule has 1 aromatic heterocycles. The molecule has 0 aromatic carbocycles. The summed E-state index contributed by atoms with van der Waals surface area (Å²) in [4.78, 5) is 13.6. The highest BCUT2D eigenvalue weighted by molar-refractivity contribution is 5.27. The Balaban J connectivity index is 2.12. The van der Waals surface area contributed by atoms with Gasteiger partial charge in [0.15, 0.2) is 0 Å². The van der Waals surface area contributed by atoms with Crippen molar-refractivity contribution in [3.63, 3.8) is 0 Å². The van der Waals surface area contributed by atoms with Crippen LogP contribution in [0.3, 0.4) is 0 Å². The summed E-state index contributed by atoms with van der Waals surface area (Å²) in [6.45, 7) is 4.37. The van der Waals surface area contributed by atoms with Crippen molar-refractivity contribution < 1.29 is 9.84 Å². The van der Waals surface area contributed by atoms with Crippen molar-refractivity contribution in [3.05, 3.63) is 39.8 Å². The first kappa shape index (κ1) is 14.9. The summed E-state index contributed by atoms with van der Waals surface area (Å²) in [6.07, 6.45) is 6.50. The van der Waals surface area contributed by atoms with Crippen LogP contribution in [0.15, 0.2) is 34.3 Å². The van der Waals surface area contributed by atoms with Gasteiger partial charge in [-0.25, -0.2) is 0 Å². The highest BCUT2D eigenvalue weighted by Gasteiger charge is 2.28. The highest BCUT2D eigenvalue weighted by Crippen LogP contribution is 2.34. The Hall–Kier alpha value is -1.55. The molecular weight excluding hydrogens is 254 g/mol. The molecule has 1 unspecified atom stereocenters. The van der Waals surface area contributed by atoms with Crippen molar-refractivity contribution in [1.29, 1.82) is 0 Å². The molecule has 1 aliphatic carbocycles. The smallest absolute Gasteiger partial charge is 0.248 e. The number of nitrogens with one attached hydrogen (secondary N) is 1. The summed E-state index contributed by atoms with van der Waals surface area (Å²) >= 11 is 0. The minimum absolute atomic E-state index is 0.135. The molecule has 0 aliphatic heterocycles. The Bertz CT molecular complexity index is 522. The molecule has 4 nitrogen and oxygen atoms in total. The fraction of sp³-hybridized carbons (Fsp3) is 0.562. The first-order chi connectivity index (χ1) is 9.53. The summed E-state index contributed by atoms with van der Waals surface area (Å²) in [6, 6.07) is 3.12. The van der Waals surface area contributed by atoms with Gasteiger partial charge in [0.1, 0.15) is 12.4 Å². The van der Waals surface area contributed by atoms with E-state index in [0.29, 0.717) is 18.8 Å². The molecular formula is C16H23NO3. The summed E-state index contributed by atoms with van der Waals surface area (Å²) < 4.78 is 5.73. The molecule has 4 heteroatoms. The van der Waals surface area contributed by atoms with Crippen LogP contribution in [0.1, 0.15) is 46.0 Å². The quantitative estimate of drug-likeness (QED) is 0.813. The number of hydrogen-bond acceptors (Lipinski definition) is 3. The van der Waals surface area contributed by atoms with Gasteiger partial charge in [-0.15, -0.1) is 0 Å². The zero-order chi connectivity index (χ0) is 14.6. The van der Waals surface area contributed by atoms with Crippen LogP contribution in [0.5, 0.6) is 5.75 Å². The number of H-pyrrole nitrogens is 1. The van der Waals surface area contributed by atoms with Crippen molar-refractivity contribution in [1.82, 2.24) is 4.98 Å². The predicted octanol–water partition coefficient (Wildman–Crippen LogP) is 2.79. The van der Waals surface area contributed by atoms with Gasteiger partial charge in [0.25, 0.3) is 0 Å². The molecule has 1 heterocycles. The average Bonchev–Trinajstić information content (AvgIpc) is 2.47. The van der Waals surface area contributed by atoms with Crippen LogP contribution in [0.4, 0.5) is 0 Å². The molecule has 0 radical (unpaired) electrons. The van der Waals surface area contributed by atoms with Crippen LogP contribution in [-0.4, -0.2) is 22.3 Å². The van der Waals surface area contributed by atoms with Crippen molar-refractivity contribution in [3.8, 4) is 5.75 Å². The third-order valence-corrected chi connectivity index (χ3v) is 4.09. The number of aromatic amines is 1. The van der Waals surface area contributed by atoms with Gasteiger partial charge in [-0.3, -0.25) is 4.79 Å². The van der Waals surface area contributed by atoms with Crippen LogP contribution < -0.4 is 10.3 Å². The normalized spacial score (nSPS) is 18.8. The monoisotopic (exact) mass is 277 g/mol. The number of pyridine rings is 1. The molecule has 0 amide bonds. The Labute approximate surface area is 119 Å². The van der Waals surface area contributed by atoms with Crippen molar-refractivity contribution in [2.45, 2.75) is 51.6 Å². The van der Waals surface area contributed by atoms with E-state index in [1.54, 1.807) is 12.3 Å². The van der Waals surface area contributed by atoms with Crippen LogP contribution in [-0.2, 0) is 0 Å². The number of rotatable bonds is 5. The van der Waals surface area contributed by atoms with E-state index in [4.69, 9.17) is 4.74 Å². The first-order valence-electron chi connectivity index (χ1n) is 7.28. The topological polar surface area (TPSA) is 62.3 Å². The molecule has 110 valence electrons. The molecule has 1 aliphatic rings. The Morgan fingerprint density at radius 3 is 2.75 bits per heavy atom. The molecule has 2 N–H and O–H groups in total. The lowest BCUT2D eigenvalue weighted by atomic mass is 9.81. The van der Waals surface area contributed by atoms with Crippen molar-refractivity contribution >= 4 is 0 Å². The molecule has 0 saturated heterocycles. The van der Waals surface area contributed by atoms with E-state index < -0.39 is 5.60 Å². The van der Waals surface area contributed by atoms with E-state index >= 15 is 0 Å². The van der Waals surface area contributed by atoms with Crippen LogP contribution in [0.2, 0.25) is 0 Å². The number of hydrogen-bond donors (Lipinski definition) is 2. The van der Waals surface area contributed by atoms with Gasteiger partial charge < -0.3 is 14.8 Å². The van der Waals surface area contributed by atoms with Gasteiger partial charge in [0.2, 0.25) is 5.56 Å². The highest BCUT2D eigenvalue weighted by atomic mass is 16.5. The van der Waals surface area contributed by atoms with E-state index in [9.17, 15) is 9.90 Å². The first-order valence-corrected chi connectivity index (χ1v) is 7.28. The second-order valence-electron chi connectivity index (χ2n) is 5.59. The van der Waals surface area contributed by atoms with Crippen LogP contribution >= 0.6 is 0 Å². The number of ether oxygens (including phenoxy) is 1. The second kappa shape index (κ2) is 6.27. The van der Waals surface area contributed by atoms with Gasteiger partial charge in [-0.05, 0) is 56.2 Å². The van der Waals surface area contributed by atoms with E-state index in [0.717, 1.165) is 31.3 Å². The number of aromatic nitrogens is 1. The van der Waals surface area contributed by atoms with Gasteiger partial charge in [0.05, 0.1) is 5.60 Å². The van der Waals surface area contributed by atoms with Crippen molar-refractivity contribution in [2.75, 3.05) is 6.61 Å². The van der Waals surface area contributed by atoms with Crippen LogP contribution in [0.25, 0.3) is 0 Å².